The van der Waals surface area contributed by atoms with E-state index in [0.717, 1.165) is 4.31 Å². The van der Waals surface area contributed by atoms with Gasteiger partial charge in [0, 0.05) is 32.3 Å². The summed E-state index contributed by atoms with van der Waals surface area (Å²) in [6.45, 7) is 1.42. The summed E-state index contributed by atoms with van der Waals surface area (Å²) in [5.41, 5.74) is 1.80. The number of sulfonamides is 1. The summed E-state index contributed by atoms with van der Waals surface area (Å²) in [6, 6.07) is 12.9. The highest BCUT2D eigenvalue weighted by atomic mass is 32.2. The molecule has 1 heterocycles. The lowest BCUT2D eigenvalue weighted by Crippen LogP contribution is -2.22. The third-order valence-electron chi connectivity index (χ3n) is 4.01. The van der Waals surface area contributed by atoms with Crippen molar-refractivity contribution in [2.75, 3.05) is 19.4 Å². The molecule has 0 spiro atoms. The monoisotopic (exact) mass is 413 g/mol. The zero-order valence-corrected chi connectivity index (χ0v) is 16.9. The van der Waals surface area contributed by atoms with Gasteiger partial charge < -0.3 is 10.1 Å². The second kappa shape index (κ2) is 7.98. The molecule has 0 atom stereocenters. The number of benzene rings is 2. The van der Waals surface area contributed by atoms with E-state index in [1.54, 1.807) is 42.5 Å². The van der Waals surface area contributed by atoms with Gasteiger partial charge in [0.2, 0.25) is 21.8 Å². The van der Waals surface area contributed by atoms with E-state index in [4.69, 9.17) is 4.74 Å². The molecule has 0 saturated carbocycles. The van der Waals surface area contributed by atoms with Crippen molar-refractivity contribution in [3.63, 3.8) is 0 Å². The smallest absolute Gasteiger partial charge is 0.363 e. The fraction of sp³-hybridized carbons (Fsp3) is 0.150. The normalized spacial score (nSPS) is 15.4. The average Bonchev–Trinajstić information content (AvgIpc) is 3.03. The standard InChI is InChI=1S/C20H19N3O5S/c1-13(24)21-16-9-7-14(8-10-16)11-18-20(25)28-19(22-18)15-5-4-6-17(12-15)29(26,27)23(2)3/h4-12H,1-3H3,(H,21,24)/b18-11-. The number of rotatable bonds is 5. The Hall–Kier alpha value is -3.30. The van der Waals surface area contributed by atoms with Gasteiger partial charge in [0.25, 0.3) is 0 Å². The largest absolute Gasteiger partial charge is 0.402 e. The molecule has 0 aromatic heterocycles. The number of cyclic esters (lactones) is 1. The number of carbonyl (C=O) groups excluding carboxylic acids is 2. The Labute approximate surface area is 168 Å². The maximum absolute atomic E-state index is 12.3. The lowest BCUT2D eigenvalue weighted by Gasteiger charge is -2.11. The molecule has 150 valence electrons. The fourth-order valence-electron chi connectivity index (χ4n) is 2.56. The van der Waals surface area contributed by atoms with Gasteiger partial charge in [-0.15, -0.1) is 0 Å². The molecule has 3 rings (SSSR count). The van der Waals surface area contributed by atoms with Crippen LogP contribution in [0.15, 0.2) is 64.1 Å². The summed E-state index contributed by atoms with van der Waals surface area (Å²) in [4.78, 5) is 27.5. The van der Waals surface area contributed by atoms with Gasteiger partial charge in [-0.2, -0.15) is 0 Å². The topological polar surface area (TPSA) is 105 Å². The predicted octanol–water partition coefficient (Wildman–Crippen LogP) is 2.24. The third-order valence-corrected chi connectivity index (χ3v) is 5.83. The molecule has 9 heteroatoms. The van der Waals surface area contributed by atoms with E-state index in [2.05, 4.69) is 10.3 Å². The molecule has 2 aromatic rings. The van der Waals surface area contributed by atoms with Crippen LogP contribution in [-0.4, -0.2) is 44.6 Å². The molecule has 29 heavy (non-hydrogen) atoms. The number of anilines is 1. The predicted molar refractivity (Wildman–Crippen MR) is 109 cm³/mol. The van der Waals surface area contributed by atoms with Crippen molar-refractivity contribution in [1.82, 2.24) is 4.31 Å². The summed E-state index contributed by atoms with van der Waals surface area (Å²) in [5, 5.41) is 2.66. The highest BCUT2D eigenvalue weighted by Gasteiger charge is 2.26. The number of esters is 1. The molecular formula is C20H19N3O5S. The second-order valence-corrected chi connectivity index (χ2v) is 8.61. The van der Waals surface area contributed by atoms with E-state index >= 15 is 0 Å². The zero-order valence-electron chi connectivity index (χ0n) is 16.0. The molecule has 0 unspecified atom stereocenters. The summed E-state index contributed by atoms with van der Waals surface area (Å²) in [6.07, 6.45) is 1.55. The van der Waals surface area contributed by atoms with Crippen LogP contribution in [0, 0.1) is 0 Å². The summed E-state index contributed by atoms with van der Waals surface area (Å²) < 4.78 is 30.9. The van der Waals surface area contributed by atoms with Crippen molar-refractivity contribution < 1.29 is 22.7 Å². The molecule has 8 nitrogen and oxygen atoms in total. The fourth-order valence-corrected chi connectivity index (χ4v) is 3.50. The molecular weight excluding hydrogens is 394 g/mol. The van der Waals surface area contributed by atoms with Gasteiger partial charge in [-0.05, 0) is 42.0 Å². The zero-order chi connectivity index (χ0) is 21.2. The number of nitrogens with one attached hydrogen (secondary N) is 1. The van der Waals surface area contributed by atoms with Crippen LogP contribution in [0.1, 0.15) is 18.1 Å². The number of ether oxygens (including phenoxy) is 1. The summed E-state index contributed by atoms with van der Waals surface area (Å²) >= 11 is 0. The number of hydrogen-bond acceptors (Lipinski definition) is 6. The minimum absolute atomic E-state index is 0.0342. The molecule has 1 amide bonds. The first-order valence-corrected chi connectivity index (χ1v) is 10.0. The highest BCUT2D eigenvalue weighted by Crippen LogP contribution is 2.22. The number of nitrogens with zero attached hydrogens (tertiary/aromatic N) is 2. The van der Waals surface area contributed by atoms with E-state index in [9.17, 15) is 18.0 Å². The molecule has 2 aromatic carbocycles. The van der Waals surface area contributed by atoms with Gasteiger partial charge >= 0.3 is 5.97 Å². The van der Waals surface area contributed by atoms with Crippen molar-refractivity contribution in [2.24, 2.45) is 4.99 Å². The van der Waals surface area contributed by atoms with Crippen molar-refractivity contribution in [3.8, 4) is 0 Å². The minimum atomic E-state index is -3.62. The van der Waals surface area contributed by atoms with Crippen LogP contribution >= 0.6 is 0 Å². The number of amides is 1. The number of hydrogen-bond donors (Lipinski definition) is 1. The lowest BCUT2D eigenvalue weighted by molar-refractivity contribution is -0.129. The number of aliphatic imine (C=N–C) groups is 1. The third kappa shape index (κ3) is 4.58. The SMILES string of the molecule is CC(=O)Nc1ccc(/C=C2\N=C(c3cccc(S(=O)(=O)N(C)C)c3)OC2=O)cc1. The Morgan fingerprint density at radius 3 is 2.45 bits per heavy atom. The second-order valence-electron chi connectivity index (χ2n) is 6.45. The van der Waals surface area contributed by atoms with Crippen LogP contribution < -0.4 is 5.32 Å². The molecule has 1 N–H and O–H groups in total. The summed E-state index contributed by atoms with van der Waals surface area (Å²) in [5.74, 6) is -0.776. The Balaban J connectivity index is 1.89. The van der Waals surface area contributed by atoms with Crippen LogP contribution in [0.4, 0.5) is 5.69 Å². The Morgan fingerprint density at radius 1 is 1.14 bits per heavy atom. The first-order valence-electron chi connectivity index (χ1n) is 8.60. The molecule has 1 aliphatic heterocycles. The van der Waals surface area contributed by atoms with Crippen molar-refractivity contribution in [1.29, 1.82) is 0 Å². The van der Waals surface area contributed by atoms with Crippen molar-refractivity contribution in [3.05, 3.63) is 65.4 Å². The Morgan fingerprint density at radius 2 is 1.83 bits per heavy atom. The lowest BCUT2D eigenvalue weighted by atomic mass is 10.1. The van der Waals surface area contributed by atoms with Crippen LogP contribution in [0.2, 0.25) is 0 Å². The van der Waals surface area contributed by atoms with Crippen LogP contribution in [0.25, 0.3) is 6.08 Å². The van der Waals surface area contributed by atoms with Gasteiger partial charge in [-0.25, -0.2) is 22.5 Å². The number of carbonyl (C=O) groups is 2. The maximum atomic E-state index is 12.3. The van der Waals surface area contributed by atoms with Crippen LogP contribution in [0.3, 0.4) is 0 Å². The van der Waals surface area contributed by atoms with Gasteiger partial charge in [-0.1, -0.05) is 18.2 Å². The molecule has 0 bridgehead atoms. The quantitative estimate of drug-likeness (QED) is 0.598. The van der Waals surface area contributed by atoms with Gasteiger partial charge in [0.05, 0.1) is 4.90 Å². The molecule has 1 aliphatic rings. The first kappa shape index (κ1) is 20.4. The van der Waals surface area contributed by atoms with Crippen molar-refractivity contribution in [2.45, 2.75) is 11.8 Å². The van der Waals surface area contributed by atoms with Gasteiger partial charge in [0.15, 0.2) is 5.70 Å². The van der Waals surface area contributed by atoms with E-state index in [1.807, 2.05) is 0 Å². The van der Waals surface area contributed by atoms with Crippen molar-refractivity contribution >= 4 is 39.6 Å². The minimum Gasteiger partial charge on any atom is -0.402 e. The van der Waals surface area contributed by atoms with Gasteiger partial charge in [-0.3, -0.25) is 4.79 Å². The maximum Gasteiger partial charge on any atom is 0.363 e. The highest BCUT2D eigenvalue weighted by molar-refractivity contribution is 7.89. The van der Waals surface area contributed by atoms with E-state index in [1.165, 1.54) is 33.2 Å². The summed E-state index contributed by atoms with van der Waals surface area (Å²) in [7, 11) is -0.749. The van der Waals surface area contributed by atoms with Gasteiger partial charge in [0.1, 0.15) is 0 Å². The molecule has 0 radical (unpaired) electrons. The first-order chi connectivity index (χ1) is 13.7. The van der Waals surface area contributed by atoms with Crippen LogP contribution in [-0.2, 0) is 24.3 Å². The average molecular weight is 413 g/mol. The van der Waals surface area contributed by atoms with E-state index in [-0.39, 0.29) is 22.4 Å². The van der Waals surface area contributed by atoms with E-state index in [0.29, 0.717) is 16.8 Å². The molecule has 0 fully saturated rings. The Kier molecular flexibility index (Phi) is 5.62. The van der Waals surface area contributed by atoms with Crippen LogP contribution in [0.5, 0.6) is 0 Å². The molecule has 0 saturated heterocycles. The molecule has 0 aliphatic carbocycles. The van der Waals surface area contributed by atoms with E-state index < -0.39 is 16.0 Å². The Bertz CT molecular complexity index is 1130.